The second kappa shape index (κ2) is 13.6. The van der Waals surface area contributed by atoms with E-state index in [-0.39, 0.29) is 18.4 Å². The van der Waals surface area contributed by atoms with Crippen molar-refractivity contribution < 1.29 is 9.59 Å². The fourth-order valence-corrected chi connectivity index (χ4v) is 5.02. The molecule has 0 spiro atoms. The topological polar surface area (TPSA) is 49.4 Å². The molecule has 0 saturated heterocycles. The maximum Gasteiger partial charge on any atom is 0.243 e. The van der Waals surface area contributed by atoms with E-state index in [1.54, 1.807) is 28.8 Å². The molecule has 0 saturated carbocycles. The number of nitrogens with zero attached hydrogens (tertiary/aromatic N) is 1. The Morgan fingerprint density at radius 2 is 1.71 bits per heavy atom. The fraction of sp³-hybridized carbons (Fsp3) is 0.286. The van der Waals surface area contributed by atoms with Gasteiger partial charge in [-0.25, -0.2) is 0 Å². The van der Waals surface area contributed by atoms with Crippen LogP contribution in [0.25, 0.3) is 0 Å². The monoisotopic (exact) mass is 528 g/mol. The summed E-state index contributed by atoms with van der Waals surface area (Å²) in [4.78, 5) is 29.5. The highest BCUT2D eigenvalue weighted by atomic mass is 35.5. The zero-order valence-electron chi connectivity index (χ0n) is 20.0. The van der Waals surface area contributed by atoms with Gasteiger partial charge in [0.1, 0.15) is 6.04 Å². The summed E-state index contributed by atoms with van der Waals surface area (Å²) in [7, 11) is 0. The predicted molar refractivity (Wildman–Crippen MR) is 146 cm³/mol. The van der Waals surface area contributed by atoms with Crippen LogP contribution in [-0.2, 0) is 22.6 Å². The highest BCUT2D eigenvalue weighted by Crippen LogP contribution is 2.25. The molecule has 35 heavy (non-hydrogen) atoms. The van der Waals surface area contributed by atoms with Crippen molar-refractivity contribution in [3.05, 3.63) is 99.5 Å². The van der Waals surface area contributed by atoms with E-state index in [1.807, 2.05) is 50.2 Å². The van der Waals surface area contributed by atoms with E-state index in [2.05, 4.69) is 29.6 Å². The smallest absolute Gasteiger partial charge is 0.243 e. The number of thioether (sulfide) groups is 1. The second-order valence-corrected chi connectivity index (χ2v) is 10.3. The van der Waals surface area contributed by atoms with Gasteiger partial charge < -0.3 is 10.2 Å². The van der Waals surface area contributed by atoms with E-state index in [0.717, 1.165) is 16.0 Å². The largest absolute Gasteiger partial charge is 0.355 e. The van der Waals surface area contributed by atoms with Crippen LogP contribution in [0.2, 0.25) is 10.0 Å². The lowest BCUT2D eigenvalue weighted by Crippen LogP contribution is -2.50. The molecule has 2 amide bonds. The molecule has 4 nitrogen and oxygen atoms in total. The molecule has 184 valence electrons. The zero-order valence-corrected chi connectivity index (χ0v) is 22.3. The first-order valence-electron chi connectivity index (χ1n) is 11.6. The molecule has 0 radical (unpaired) electrons. The molecular weight excluding hydrogens is 499 g/mol. The number of benzene rings is 3. The number of nitrogens with one attached hydrogen (secondary N) is 1. The molecule has 3 aromatic carbocycles. The van der Waals surface area contributed by atoms with Gasteiger partial charge in [-0.2, -0.15) is 0 Å². The number of likely N-dealkylation sites (N-methyl/N-ethyl adjacent to an activating group) is 1. The lowest BCUT2D eigenvalue weighted by molar-refractivity contribution is -0.140. The number of amides is 2. The van der Waals surface area contributed by atoms with Gasteiger partial charge in [0.25, 0.3) is 0 Å². The Morgan fingerprint density at radius 1 is 1.00 bits per heavy atom. The average Bonchev–Trinajstić information content (AvgIpc) is 2.84. The number of halogens is 2. The van der Waals surface area contributed by atoms with Crippen LogP contribution in [-0.4, -0.2) is 35.1 Å². The standard InChI is InChI=1S/C28H30Cl2N2O2S/c1-3-31-28(34)26(17-21-7-5-4-6-8-21)32(19-22-11-12-23(29)18-25(22)30)27(33)15-16-35-24-13-9-20(2)10-14-24/h4-14,18,26H,3,15-17,19H2,1-2H3,(H,31,34). The summed E-state index contributed by atoms with van der Waals surface area (Å²) >= 11 is 14.2. The van der Waals surface area contributed by atoms with E-state index < -0.39 is 6.04 Å². The van der Waals surface area contributed by atoms with Crippen LogP contribution < -0.4 is 5.32 Å². The first kappa shape index (κ1) is 27.1. The van der Waals surface area contributed by atoms with E-state index in [9.17, 15) is 9.59 Å². The maximum absolute atomic E-state index is 13.6. The zero-order chi connectivity index (χ0) is 25.2. The number of hydrogen-bond donors (Lipinski definition) is 1. The minimum Gasteiger partial charge on any atom is -0.355 e. The van der Waals surface area contributed by atoms with E-state index >= 15 is 0 Å². The lowest BCUT2D eigenvalue weighted by atomic mass is 10.0. The van der Waals surface area contributed by atoms with Crippen molar-refractivity contribution in [2.45, 2.75) is 44.2 Å². The third kappa shape index (κ3) is 8.31. The molecule has 3 aromatic rings. The molecule has 0 aliphatic carbocycles. The Balaban J connectivity index is 1.85. The Kier molecular flexibility index (Phi) is 10.5. The minimum atomic E-state index is -0.666. The Labute approximate surface area is 222 Å². The van der Waals surface area contributed by atoms with Crippen LogP contribution in [0.3, 0.4) is 0 Å². The van der Waals surface area contributed by atoms with Crippen molar-refractivity contribution in [1.29, 1.82) is 0 Å². The third-order valence-corrected chi connectivity index (χ3v) is 7.18. The van der Waals surface area contributed by atoms with Crippen LogP contribution in [0.4, 0.5) is 0 Å². The van der Waals surface area contributed by atoms with Crippen molar-refractivity contribution >= 4 is 46.8 Å². The Hall–Kier alpha value is -2.47. The lowest BCUT2D eigenvalue weighted by Gasteiger charge is -2.32. The summed E-state index contributed by atoms with van der Waals surface area (Å²) in [5.74, 6) is 0.337. The van der Waals surface area contributed by atoms with Gasteiger partial charge in [0.15, 0.2) is 0 Å². The predicted octanol–water partition coefficient (Wildman–Crippen LogP) is 6.56. The van der Waals surface area contributed by atoms with Crippen LogP contribution in [0, 0.1) is 6.92 Å². The normalized spacial score (nSPS) is 11.7. The van der Waals surface area contributed by atoms with Gasteiger partial charge in [-0.1, -0.05) is 77.3 Å². The summed E-state index contributed by atoms with van der Waals surface area (Å²) < 4.78 is 0. The summed E-state index contributed by atoms with van der Waals surface area (Å²) in [6, 6.07) is 22.5. The van der Waals surface area contributed by atoms with E-state index in [0.29, 0.717) is 35.2 Å². The van der Waals surface area contributed by atoms with Gasteiger partial charge in [0.2, 0.25) is 11.8 Å². The summed E-state index contributed by atoms with van der Waals surface area (Å²) in [5.41, 5.74) is 2.93. The van der Waals surface area contributed by atoms with Gasteiger partial charge in [0.05, 0.1) is 0 Å². The molecular formula is C28H30Cl2N2O2S. The molecule has 3 rings (SSSR count). The third-order valence-electron chi connectivity index (χ3n) is 5.58. The van der Waals surface area contributed by atoms with Gasteiger partial charge in [-0.3, -0.25) is 9.59 Å². The van der Waals surface area contributed by atoms with Crippen molar-refractivity contribution in [2.75, 3.05) is 12.3 Å². The first-order valence-corrected chi connectivity index (χ1v) is 13.4. The summed E-state index contributed by atoms with van der Waals surface area (Å²) in [5, 5.41) is 3.90. The van der Waals surface area contributed by atoms with E-state index in [1.165, 1.54) is 5.56 Å². The van der Waals surface area contributed by atoms with Crippen LogP contribution in [0.15, 0.2) is 77.7 Å². The summed E-state index contributed by atoms with van der Waals surface area (Å²) in [6.45, 7) is 4.62. The number of rotatable bonds is 11. The van der Waals surface area contributed by atoms with Gasteiger partial charge in [-0.05, 0) is 49.2 Å². The number of aryl methyl sites for hydroxylation is 1. The van der Waals surface area contributed by atoms with Crippen molar-refractivity contribution in [3.63, 3.8) is 0 Å². The molecule has 1 N–H and O–H groups in total. The number of carbonyl (C=O) groups is 2. The highest BCUT2D eigenvalue weighted by molar-refractivity contribution is 7.99. The quantitative estimate of drug-likeness (QED) is 0.286. The highest BCUT2D eigenvalue weighted by Gasteiger charge is 2.30. The maximum atomic E-state index is 13.6. The minimum absolute atomic E-state index is 0.0946. The fourth-order valence-electron chi connectivity index (χ4n) is 3.71. The molecule has 0 aliphatic rings. The number of hydrogen-bond acceptors (Lipinski definition) is 3. The molecule has 0 aromatic heterocycles. The van der Waals surface area contributed by atoms with Crippen LogP contribution in [0.1, 0.15) is 30.0 Å². The molecule has 0 heterocycles. The molecule has 0 fully saturated rings. The molecule has 1 atom stereocenters. The second-order valence-electron chi connectivity index (χ2n) is 8.27. The van der Waals surface area contributed by atoms with E-state index in [4.69, 9.17) is 23.2 Å². The summed E-state index contributed by atoms with van der Waals surface area (Å²) in [6.07, 6.45) is 0.711. The SMILES string of the molecule is CCNC(=O)C(Cc1ccccc1)N(Cc1ccc(Cl)cc1Cl)C(=O)CCSc1ccc(C)cc1. The molecule has 7 heteroatoms. The Morgan fingerprint density at radius 3 is 2.37 bits per heavy atom. The molecule has 0 bridgehead atoms. The van der Waals surface area contributed by atoms with Crippen LogP contribution >= 0.6 is 35.0 Å². The Bertz CT molecular complexity index is 1120. The van der Waals surface area contributed by atoms with Crippen LogP contribution in [0.5, 0.6) is 0 Å². The van der Waals surface area contributed by atoms with Crippen molar-refractivity contribution in [2.24, 2.45) is 0 Å². The van der Waals surface area contributed by atoms with Crippen molar-refractivity contribution in [3.8, 4) is 0 Å². The van der Waals surface area contributed by atoms with Gasteiger partial charge >= 0.3 is 0 Å². The average molecular weight is 530 g/mol. The number of carbonyl (C=O) groups excluding carboxylic acids is 2. The first-order chi connectivity index (χ1) is 16.9. The molecule has 1 unspecified atom stereocenters. The van der Waals surface area contributed by atoms with Gasteiger partial charge in [-0.15, -0.1) is 11.8 Å². The van der Waals surface area contributed by atoms with Crippen molar-refractivity contribution in [1.82, 2.24) is 10.2 Å². The molecule has 0 aliphatic heterocycles. The van der Waals surface area contributed by atoms with Gasteiger partial charge in [0, 0.05) is 46.6 Å².